The van der Waals surface area contributed by atoms with E-state index >= 15 is 0 Å². The number of aryl methyl sites for hydroxylation is 1. The summed E-state index contributed by atoms with van der Waals surface area (Å²) >= 11 is 0. The first-order valence-corrected chi connectivity index (χ1v) is 8.18. The van der Waals surface area contributed by atoms with Gasteiger partial charge in [0.15, 0.2) is 0 Å². The smallest absolute Gasteiger partial charge is 0.146 e. The lowest BCUT2D eigenvalue weighted by molar-refractivity contribution is 1.04. The highest BCUT2D eigenvalue weighted by Crippen LogP contribution is 2.29. The normalized spacial score (nSPS) is 10.4. The van der Waals surface area contributed by atoms with Crippen molar-refractivity contribution in [1.82, 2.24) is 9.97 Å². The third-order valence-electron chi connectivity index (χ3n) is 4.12. The Balaban J connectivity index is 2.14. The lowest BCUT2D eigenvalue weighted by atomic mass is 9.99. The molecule has 2 N–H and O–H groups in total. The number of benzene rings is 2. The third-order valence-corrected chi connectivity index (χ3v) is 4.12. The maximum absolute atomic E-state index is 6.14. The van der Waals surface area contributed by atoms with Crippen LogP contribution >= 0.6 is 0 Å². The first kappa shape index (κ1) is 16.7. The maximum Gasteiger partial charge on any atom is 0.146 e. The molecule has 0 radical (unpaired) electrons. The molecule has 0 saturated carbocycles. The summed E-state index contributed by atoms with van der Waals surface area (Å²) < 4.78 is 0. The van der Waals surface area contributed by atoms with E-state index < -0.39 is 0 Å². The Labute approximate surface area is 148 Å². The van der Waals surface area contributed by atoms with Crippen LogP contribution in [0.2, 0.25) is 0 Å². The summed E-state index contributed by atoms with van der Waals surface area (Å²) in [6.07, 6.45) is 4.17. The lowest BCUT2D eigenvalue weighted by Crippen LogP contribution is -2.06. The molecule has 0 fully saturated rings. The van der Waals surface area contributed by atoms with E-state index in [9.17, 15) is 0 Å². The number of nitrogen functional groups attached to an aromatic ring is 1. The van der Waals surface area contributed by atoms with Gasteiger partial charge in [-0.05, 0) is 24.1 Å². The lowest BCUT2D eigenvalue weighted by Gasteiger charge is -2.13. The van der Waals surface area contributed by atoms with Crippen molar-refractivity contribution in [3.05, 3.63) is 89.8 Å². The first-order valence-electron chi connectivity index (χ1n) is 8.18. The minimum atomic E-state index is 0.440. The van der Waals surface area contributed by atoms with Gasteiger partial charge in [-0.2, -0.15) is 0 Å². The monoisotopic (exact) mass is 327 g/mol. The Kier molecular flexibility index (Phi) is 4.75. The zero-order valence-corrected chi connectivity index (χ0v) is 14.4. The van der Waals surface area contributed by atoms with Crippen LogP contribution in [0.15, 0.2) is 61.7 Å². The summed E-state index contributed by atoms with van der Waals surface area (Å²) in [4.78, 5) is 9.37. The molecule has 1 heterocycles. The molecule has 0 spiro atoms. The Morgan fingerprint density at radius 2 is 1.76 bits per heavy atom. The molecule has 0 saturated heterocycles. The Morgan fingerprint density at radius 3 is 2.44 bits per heavy atom. The van der Waals surface area contributed by atoms with Crippen molar-refractivity contribution < 1.29 is 0 Å². The van der Waals surface area contributed by atoms with Crippen molar-refractivity contribution in [3.63, 3.8) is 0 Å². The van der Waals surface area contributed by atoms with E-state index in [2.05, 4.69) is 49.3 Å². The average Bonchev–Trinajstić information content (AvgIpc) is 2.64. The van der Waals surface area contributed by atoms with Crippen LogP contribution in [0.1, 0.15) is 28.1 Å². The number of hydrogen-bond donors (Lipinski definition) is 1. The molecule has 25 heavy (non-hydrogen) atoms. The van der Waals surface area contributed by atoms with Crippen LogP contribution in [0.4, 0.5) is 5.82 Å². The average molecular weight is 327 g/mol. The minimum absolute atomic E-state index is 0.440. The molecular formula is C22H21N3. The molecular weight excluding hydrogens is 306 g/mol. The van der Waals surface area contributed by atoms with Crippen molar-refractivity contribution >= 4 is 18.0 Å². The van der Waals surface area contributed by atoms with E-state index in [4.69, 9.17) is 10.7 Å². The van der Waals surface area contributed by atoms with Gasteiger partial charge < -0.3 is 5.73 Å². The van der Waals surface area contributed by atoms with Gasteiger partial charge >= 0.3 is 0 Å². The van der Waals surface area contributed by atoms with Gasteiger partial charge in [-0.15, -0.1) is 0 Å². The van der Waals surface area contributed by atoms with E-state index in [1.54, 1.807) is 6.08 Å². The SMILES string of the molecule is C=Cc1cc(C)ccc1-c1nc(Cc2ccccc2)c(N)nc1C=C. The zero-order valence-electron chi connectivity index (χ0n) is 14.4. The molecule has 3 aromatic rings. The maximum atomic E-state index is 6.14. The highest BCUT2D eigenvalue weighted by Gasteiger charge is 2.14. The Bertz CT molecular complexity index is 928. The van der Waals surface area contributed by atoms with Gasteiger partial charge in [0.05, 0.1) is 17.1 Å². The van der Waals surface area contributed by atoms with Crippen molar-refractivity contribution in [3.8, 4) is 11.3 Å². The fraction of sp³-hybridized carbons (Fsp3) is 0.0909. The van der Waals surface area contributed by atoms with Crippen molar-refractivity contribution in [2.45, 2.75) is 13.3 Å². The summed E-state index contributed by atoms with van der Waals surface area (Å²) in [5.41, 5.74) is 12.7. The van der Waals surface area contributed by atoms with Gasteiger partial charge in [0, 0.05) is 12.0 Å². The van der Waals surface area contributed by atoms with E-state index in [0.717, 1.165) is 28.1 Å². The van der Waals surface area contributed by atoms with E-state index in [0.29, 0.717) is 17.9 Å². The number of aromatic nitrogens is 2. The molecule has 3 nitrogen and oxygen atoms in total. The minimum Gasteiger partial charge on any atom is -0.382 e. The van der Waals surface area contributed by atoms with E-state index in [-0.39, 0.29) is 0 Å². The molecule has 1 aromatic heterocycles. The van der Waals surface area contributed by atoms with Gasteiger partial charge in [0.1, 0.15) is 5.82 Å². The predicted molar refractivity (Wildman–Crippen MR) is 106 cm³/mol. The van der Waals surface area contributed by atoms with Crippen molar-refractivity contribution in [2.24, 2.45) is 0 Å². The highest BCUT2D eigenvalue weighted by molar-refractivity contribution is 5.78. The molecule has 124 valence electrons. The molecule has 0 atom stereocenters. The quantitative estimate of drug-likeness (QED) is 0.724. The first-order chi connectivity index (χ1) is 12.1. The van der Waals surface area contributed by atoms with Gasteiger partial charge in [0.25, 0.3) is 0 Å². The summed E-state index contributed by atoms with van der Waals surface area (Å²) in [5.74, 6) is 0.440. The largest absolute Gasteiger partial charge is 0.382 e. The molecule has 3 heteroatoms. The molecule has 0 amide bonds. The van der Waals surface area contributed by atoms with Crippen LogP contribution < -0.4 is 5.73 Å². The molecule has 2 aromatic carbocycles. The van der Waals surface area contributed by atoms with E-state index in [1.165, 1.54) is 5.56 Å². The predicted octanol–water partition coefficient (Wildman–Crippen LogP) is 4.91. The van der Waals surface area contributed by atoms with Gasteiger partial charge in [-0.3, -0.25) is 0 Å². The highest BCUT2D eigenvalue weighted by atomic mass is 14.9. The fourth-order valence-corrected chi connectivity index (χ4v) is 2.82. The van der Waals surface area contributed by atoms with Crippen LogP contribution in [-0.4, -0.2) is 9.97 Å². The molecule has 0 aliphatic carbocycles. The fourth-order valence-electron chi connectivity index (χ4n) is 2.82. The van der Waals surface area contributed by atoms with Crippen LogP contribution in [0.3, 0.4) is 0 Å². The molecule has 0 aliphatic rings. The second-order valence-corrected chi connectivity index (χ2v) is 5.95. The number of hydrogen-bond acceptors (Lipinski definition) is 3. The van der Waals surface area contributed by atoms with E-state index in [1.807, 2.05) is 30.3 Å². The van der Waals surface area contributed by atoms with Crippen LogP contribution in [0.5, 0.6) is 0 Å². The second-order valence-electron chi connectivity index (χ2n) is 5.95. The summed E-state index contributed by atoms with van der Waals surface area (Å²) in [6.45, 7) is 9.84. The molecule has 0 bridgehead atoms. The number of nitrogens with zero attached hydrogens (tertiary/aromatic N) is 2. The summed E-state index contributed by atoms with van der Waals surface area (Å²) in [5, 5.41) is 0. The van der Waals surface area contributed by atoms with Gasteiger partial charge in [-0.1, -0.05) is 73.3 Å². The van der Waals surface area contributed by atoms with Crippen molar-refractivity contribution in [1.29, 1.82) is 0 Å². The van der Waals surface area contributed by atoms with Gasteiger partial charge in [0.2, 0.25) is 0 Å². The van der Waals surface area contributed by atoms with Crippen molar-refractivity contribution in [2.75, 3.05) is 5.73 Å². The summed E-state index contributed by atoms with van der Waals surface area (Å²) in [6, 6.07) is 16.3. The van der Waals surface area contributed by atoms with Gasteiger partial charge in [-0.25, -0.2) is 9.97 Å². The van der Waals surface area contributed by atoms with Crippen LogP contribution in [-0.2, 0) is 6.42 Å². The number of rotatable bonds is 5. The number of nitrogens with two attached hydrogens (primary N) is 1. The molecule has 0 unspecified atom stereocenters. The summed E-state index contributed by atoms with van der Waals surface area (Å²) in [7, 11) is 0. The Morgan fingerprint density at radius 1 is 1.00 bits per heavy atom. The number of anilines is 1. The topological polar surface area (TPSA) is 51.8 Å². The standard InChI is InChI=1S/C22H21N3/c1-4-17-13-15(3)11-12-18(17)21-19(5-2)25-22(23)20(24-21)14-16-9-7-6-8-10-16/h4-13H,1-2,14H2,3H3,(H2,23,25). The Hall–Kier alpha value is -3.20. The second kappa shape index (κ2) is 7.14. The van der Waals surface area contributed by atoms with Crippen LogP contribution in [0, 0.1) is 6.92 Å². The van der Waals surface area contributed by atoms with Crippen LogP contribution in [0.25, 0.3) is 23.4 Å². The molecule has 0 aliphatic heterocycles. The molecule has 3 rings (SSSR count). The third kappa shape index (κ3) is 3.50. The zero-order chi connectivity index (χ0) is 17.8.